The zero-order valence-electron chi connectivity index (χ0n) is 25.5. The van der Waals surface area contributed by atoms with Crippen LogP contribution in [0.3, 0.4) is 0 Å². The normalized spacial score (nSPS) is 26.9. The van der Waals surface area contributed by atoms with Crippen LogP contribution in [0.2, 0.25) is 5.02 Å². The van der Waals surface area contributed by atoms with Crippen LogP contribution >= 0.6 is 11.6 Å². The minimum Gasteiger partial charge on any atom is -0.444 e. The third-order valence-corrected chi connectivity index (χ3v) is 9.63. The molecule has 5 aliphatic rings. The molecule has 1 unspecified atom stereocenters. The number of amides is 5. The molecule has 0 bridgehead atoms. The Morgan fingerprint density at radius 1 is 0.909 bits per heavy atom. The number of carbonyl (C=O) groups excluding carboxylic acids is 5. The molecule has 1 N–H and O–H groups in total. The molecule has 5 amide bonds. The molecule has 3 saturated heterocycles. The van der Waals surface area contributed by atoms with E-state index < -0.39 is 35.3 Å². The minimum absolute atomic E-state index is 0.0656. The fourth-order valence-corrected chi connectivity index (χ4v) is 7.16. The first kappa shape index (κ1) is 30.8. The van der Waals surface area contributed by atoms with E-state index in [0.29, 0.717) is 24.8 Å². The number of benzene rings is 1. The van der Waals surface area contributed by atoms with Gasteiger partial charge in [0.25, 0.3) is 11.8 Å². The first-order valence-corrected chi connectivity index (χ1v) is 15.9. The average Bonchev–Trinajstić information content (AvgIpc) is 3.20. The number of nitrogens with one attached hydrogen (secondary N) is 1. The van der Waals surface area contributed by atoms with Gasteiger partial charge < -0.3 is 19.3 Å². The Kier molecular flexibility index (Phi) is 8.36. The fourth-order valence-electron chi connectivity index (χ4n) is 6.80. The van der Waals surface area contributed by atoms with Crippen LogP contribution in [0.4, 0.5) is 10.5 Å². The van der Waals surface area contributed by atoms with Gasteiger partial charge in [0.05, 0.1) is 34.0 Å². The van der Waals surface area contributed by atoms with Crippen molar-refractivity contribution >= 4 is 47.0 Å². The van der Waals surface area contributed by atoms with E-state index in [1.165, 1.54) is 0 Å². The second kappa shape index (κ2) is 11.9. The maximum Gasteiger partial charge on any atom is 0.410 e. The molecule has 1 saturated carbocycles. The molecule has 0 spiro atoms. The molecule has 1 aromatic rings. The highest BCUT2D eigenvalue weighted by Crippen LogP contribution is 2.39. The van der Waals surface area contributed by atoms with Crippen molar-refractivity contribution in [2.24, 2.45) is 0 Å². The number of carbonyl (C=O) groups is 5. The summed E-state index contributed by atoms with van der Waals surface area (Å²) in [7, 11) is 0. The van der Waals surface area contributed by atoms with E-state index in [9.17, 15) is 24.0 Å². The zero-order valence-corrected chi connectivity index (χ0v) is 26.2. The Balaban J connectivity index is 0.978. The van der Waals surface area contributed by atoms with Crippen molar-refractivity contribution in [2.75, 3.05) is 44.2 Å². The van der Waals surface area contributed by atoms with E-state index in [0.717, 1.165) is 56.8 Å². The van der Waals surface area contributed by atoms with Crippen LogP contribution in [0.15, 0.2) is 12.1 Å². The summed E-state index contributed by atoms with van der Waals surface area (Å²) < 4.78 is 11.9. The lowest BCUT2D eigenvalue weighted by Crippen LogP contribution is -2.56. The summed E-state index contributed by atoms with van der Waals surface area (Å²) in [5, 5.41) is 2.44. The van der Waals surface area contributed by atoms with E-state index in [4.69, 9.17) is 21.1 Å². The Morgan fingerprint density at radius 3 is 2.23 bits per heavy atom. The molecule has 4 aliphatic heterocycles. The molecule has 4 fully saturated rings. The molecule has 13 heteroatoms. The number of anilines is 1. The average molecular weight is 630 g/mol. The van der Waals surface area contributed by atoms with Crippen LogP contribution in [0.25, 0.3) is 0 Å². The summed E-state index contributed by atoms with van der Waals surface area (Å²) in [6, 6.07) is 2.82. The summed E-state index contributed by atoms with van der Waals surface area (Å²) in [6.07, 6.45) is 3.92. The molecule has 0 radical (unpaired) electrons. The number of nitrogens with zero attached hydrogens (tertiary/aromatic N) is 4. The van der Waals surface area contributed by atoms with E-state index in [2.05, 4.69) is 15.1 Å². The van der Waals surface area contributed by atoms with Crippen LogP contribution in [-0.4, -0.2) is 114 Å². The number of hydrogen-bond donors (Lipinski definition) is 1. The zero-order chi connectivity index (χ0) is 31.3. The summed E-state index contributed by atoms with van der Waals surface area (Å²) >= 11 is 6.76. The summed E-state index contributed by atoms with van der Waals surface area (Å²) in [5.74, 6) is -2.21. The van der Waals surface area contributed by atoms with Gasteiger partial charge >= 0.3 is 6.09 Å². The number of rotatable bonds is 5. The molecule has 1 aromatic carbocycles. The van der Waals surface area contributed by atoms with Gasteiger partial charge in [0.15, 0.2) is 0 Å². The van der Waals surface area contributed by atoms with Gasteiger partial charge in [-0.3, -0.25) is 34.3 Å². The summed E-state index contributed by atoms with van der Waals surface area (Å²) in [6.45, 7) is 10.1. The van der Waals surface area contributed by atoms with E-state index in [-0.39, 0.29) is 47.3 Å². The van der Waals surface area contributed by atoms with Gasteiger partial charge in [-0.25, -0.2) is 4.79 Å². The summed E-state index contributed by atoms with van der Waals surface area (Å²) in [5.41, 5.74) is 0.509. The van der Waals surface area contributed by atoms with Gasteiger partial charge in [0.2, 0.25) is 11.8 Å². The first-order chi connectivity index (χ1) is 20.9. The van der Waals surface area contributed by atoms with Crippen LogP contribution in [0.1, 0.15) is 80.0 Å². The third kappa shape index (κ3) is 6.03. The van der Waals surface area contributed by atoms with Crippen molar-refractivity contribution in [3.05, 3.63) is 28.3 Å². The smallest absolute Gasteiger partial charge is 0.410 e. The standard InChI is InChI=1S/C31H40ClN5O7/c1-31(2,3)44-30(42)36-10-8-19(9-11-36)43-20-16-18(17-20)34-12-14-35(15-13-34)22-5-4-21-25(26(22)32)29(41)37(28(21)40)23-6-7-24(38)33-27(23)39/h4-5,18-20,23H,6-17H2,1-3H3,(H,33,38,39)/t18-,20-,23?. The number of likely N-dealkylation sites (tertiary alicyclic amines) is 1. The molecule has 12 nitrogen and oxygen atoms in total. The Morgan fingerprint density at radius 2 is 1.59 bits per heavy atom. The van der Waals surface area contributed by atoms with Gasteiger partial charge in [-0.2, -0.15) is 0 Å². The molecule has 1 atom stereocenters. The van der Waals surface area contributed by atoms with Gasteiger partial charge in [0.1, 0.15) is 11.6 Å². The molecule has 6 rings (SSSR count). The molecule has 44 heavy (non-hydrogen) atoms. The van der Waals surface area contributed by atoms with E-state index in [1.807, 2.05) is 20.8 Å². The topological polar surface area (TPSA) is 129 Å². The van der Waals surface area contributed by atoms with Gasteiger partial charge in [-0.15, -0.1) is 0 Å². The molecule has 1 aliphatic carbocycles. The number of imide groups is 2. The van der Waals surface area contributed by atoms with Crippen molar-refractivity contribution in [2.45, 2.75) is 89.2 Å². The van der Waals surface area contributed by atoms with E-state index in [1.54, 1.807) is 17.0 Å². The quantitative estimate of drug-likeness (QED) is 0.489. The van der Waals surface area contributed by atoms with Crippen LogP contribution in [0.5, 0.6) is 0 Å². The molecule has 4 heterocycles. The lowest BCUT2D eigenvalue weighted by Gasteiger charge is -2.47. The maximum absolute atomic E-state index is 13.3. The molecule has 238 valence electrons. The van der Waals surface area contributed by atoms with Crippen LogP contribution in [-0.2, 0) is 19.1 Å². The van der Waals surface area contributed by atoms with Crippen molar-refractivity contribution in [3.63, 3.8) is 0 Å². The minimum atomic E-state index is -1.02. The monoisotopic (exact) mass is 629 g/mol. The molecular weight excluding hydrogens is 590 g/mol. The van der Waals surface area contributed by atoms with Gasteiger partial charge in [0, 0.05) is 51.7 Å². The Hall–Kier alpha value is -3.22. The van der Waals surface area contributed by atoms with Crippen molar-refractivity contribution in [1.29, 1.82) is 0 Å². The lowest BCUT2D eigenvalue weighted by molar-refractivity contribution is -0.136. The highest BCUT2D eigenvalue weighted by Gasteiger charge is 2.46. The van der Waals surface area contributed by atoms with Gasteiger partial charge in [-0.05, 0) is 65.0 Å². The van der Waals surface area contributed by atoms with Gasteiger partial charge in [-0.1, -0.05) is 11.6 Å². The second-order valence-corrected chi connectivity index (χ2v) is 13.7. The fraction of sp³-hybridized carbons (Fsp3) is 0.645. The number of halogens is 1. The highest BCUT2D eigenvalue weighted by atomic mass is 35.5. The predicted molar refractivity (Wildman–Crippen MR) is 161 cm³/mol. The largest absolute Gasteiger partial charge is 0.444 e. The lowest BCUT2D eigenvalue weighted by atomic mass is 9.87. The number of piperidine rings is 2. The Labute approximate surface area is 261 Å². The SMILES string of the molecule is CC(C)(C)OC(=O)N1CCC(O[C@H]2C[C@H](N3CCN(c4ccc5c(c4Cl)C(=O)N(C4CCC(=O)NC4=O)C5=O)CC3)C2)CC1. The molecule has 0 aromatic heterocycles. The number of piperazine rings is 1. The van der Waals surface area contributed by atoms with E-state index >= 15 is 0 Å². The van der Waals surface area contributed by atoms with Crippen molar-refractivity contribution in [3.8, 4) is 0 Å². The first-order valence-electron chi connectivity index (χ1n) is 15.6. The van der Waals surface area contributed by atoms with Crippen LogP contribution < -0.4 is 10.2 Å². The summed E-state index contributed by atoms with van der Waals surface area (Å²) in [4.78, 5) is 70.0. The number of fused-ring (bicyclic) bond motifs is 1. The van der Waals surface area contributed by atoms with Crippen LogP contribution in [0, 0.1) is 0 Å². The third-order valence-electron chi connectivity index (χ3n) is 9.25. The highest BCUT2D eigenvalue weighted by molar-refractivity contribution is 6.39. The van der Waals surface area contributed by atoms with Crippen molar-refractivity contribution in [1.82, 2.24) is 20.0 Å². The van der Waals surface area contributed by atoms with Crippen molar-refractivity contribution < 1.29 is 33.4 Å². The Bertz CT molecular complexity index is 1360. The number of hydrogen-bond acceptors (Lipinski definition) is 9. The molecular formula is C31H40ClN5O7. The predicted octanol–water partition coefficient (Wildman–Crippen LogP) is 2.81. The maximum atomic E-state index is 13.3. The second-order valence-electron chi connectivity index (χ2n) is 13.3. The number of ether oxygens (including phenoxy) is 2.